The summed E-state index contributed by atoms with van der Waals surface area (Å²) in [5.41, 5.74) is 0.881. The van der Waals surface area contributed by atoms with E-state index in [1.165, 1.54) is 6.20 Å². The number of carboxylic acids is 1. The van der Waals surface area contributed by atoms with Crippen molar-refractivity contribution in [3.05, 3.63) is 29.8 Å². The highest BCUT2D eigenvalue weighted by molar-refractivity contribution is 5.88. The van der Waals surface area contributed by atoms with Gasteiger partial charge in [-0.15, -0.1) is 5.10 Å². The maximum Gasteiger partial charge on any atom is 0.339 e. The van der Waals surface area contributed by atoms with E-state index in [2.05, 4.69) is 20.7 Å². The first-order chi connectivity index (χ1) is 8.68. The molecule has 2 rings (SSSR count). The van der Waals surface area contributed by atoms with Gasteiger partial charge in [-0.05, 0) is 0 Å². The van der Waals surface area contributed by atoms with E-state index in [1.54, 1.807) is 28.8 Å². The molecule has 0 amide bonds. The number of carboxylic acid groups (broad SMARTS) is 1. The monoisotopic (exact) mass is 250 g/mol. The van der Waals surface area contributed by atoms with Crippen molar-refractivity contribution < 1.29 is 9.90 Å². The fourth-order valence-corrected chi connectivity index (χ4v) is 1.60. The van der Waals surface area contributed by atoms with Crippen molar-refractivity contribution in [3.8, 4) is 0 Å². The van der Waals surface area contributed by atoms with Crippen molar-refractivity contribution in [2.45, 2.75) is 13.1 Å². The minimum Gasteiger partial charge on any atom is -0.478 e. The molecule has 0 saturated heterocycles. The van der Waals surface area contributed by atoms with Gasteiger partial charge in [0.05, 0.1) is 24.6 Å². The molecule has 0 radical (unpaired) electrons. The molecule has 0 fully saturated rings. The molecule has 2 aromatic heterocycles. The summed E-state index contributed by atoms with van der Waals surface area (Å²) in [6, 6.07) is 0. The van der Waals surface area contributed by atoms with Crippen LogP contribution >= 0.6 is 0 Å². The van der Waals surface area contributed by atoms with Crippen LogP contribution in [0.4, 0.5) is 0 Å². The van der Waals surface area contributed by atoms with Crippen LogP contribution in [-0.2, 0) is 20.1 Å². The minimum absolute atomic E-state index is 0.228. The number of hydrogen-bond acceptors (Lipinski definition) is 5. The van der Waals surface area contributed by atoms with Gasteiger partial charge in [-0.2, -0.15) is 5.10 Å². The molecule has 0 aromatic carbocycles. The highest BCUT2D eigenvalue weighted by Crippen LogP contribution is 2.06. The number of aromatic carboxylic acids is 1. The third-order valence-electron chi connectivity index (χ3n) is 2.57. The van der Waals surface area contributed by atoms with Crippen molar-refractivity contribution >= 4 is 5.97 Å². The van der Waals surface area contributed by atoms with Crippen LogP contribution in [-0.4, -0.2) is 42.4 Å². The van der Waals surface area contributed by atoms with Gasteiger partial charge in [0.25, 0.3) is 0 Å². The van der Waals surface area contributed by atoms with Crippen LogP contribution in [0.25, 0.3) is 0 Å². The Labute approximate surface area is 103 Å². The summed E-state index contributed by atoms with van der Waals surface area (Å²) in [4.78, 5) is 11.0. The molecule has 0 saturated carbocycles. The first-order valence-electron chi connectivity index (χ1n) is 5.47. The quantitative estimate of drug-likeness (QED) is 0.671. The van der Waals surface area contributed by atoms with Gasteiger partial charge in [0, 0.05) is 26.3 Å². The molecule has 2 heterocycles. The van der Waals surface area contributed by atoms with E-state index in [-0.39, 0.29) is 5.56 Å². The highest BCUT2D eigenvalue weighted by atomic mass is 16.4. The maximum atomic E-state index is 11.0. The minimum atomic E-state index is -0.962. The predicted octanol–water partition coefficient (Wildman–Crippen LogP) is -0.500. The molecule has 8 nitrogen and oxygen atoms in total. The zero-order chi connectivity index (χ0) is 13.0. The summed E-state index contributed by atoms with van der Waals surface area (Å²) in [5, 5.41) is 23.6. The molecule has 0 bridgehead atoms. The second kappa shape index (κ2) is 5.41. The average molecular weight is 250 g/mol. The van der Waals surface area contributed by atoms with Crippen LogP contribution in [0.15, 0.2) is 18.6 Å². The van der Waals surface area contributed by atoms with E-state index in [0.29, 0.717) is 25.3 Å². The SMILES string of the molecule is Cn1ncc(C(=O)O)c1CNCCn1ccnn1. The lowest BCUT2D eigenvalue weighted by Gasteiger charge is -2.06. The topological polar surface area (TPSA) is 97.9 Å². The third-order valence-corrected chi connectivity index (χ3v) is 2.57. The van der Waals surface area contributed by atoms with E-state index in [4.69, 9.17) is 5.11 Å². The molecule has 0 atom stereocenters. The normalized spacial score (nSPS) is 10.7. The molecule has 0 unspecified atom stereocenters. The van der Waals surface area contributed by atoms with Crippen molar-refractivity contribution in [2.75, 3.05) is 6.54 Å². The van der Waals surface area contributed by atoms with Crippen molar-refractivity contribution in [1.82, 2.24) is 30.1 Å². The summed E-state index contributed by atoms with van der Waals surface area (Å²) < 4.78 is 3.26. The van der Waals surface area contributed by atoms with Crippen LogP contribution in [0.5, 0.6) is 0 Å². The fourth-order valence-electron chi connectivity index (χ4n) is 1.60. The van der Waals surface area contributed by atoms with E-state index in [9.17, 15) is 4.79 Å². The zero-order valence-electron chi connectivity index (χ0n) is 9.94. The predicted molar refractivity (Wildman–Crippen MR) is 61.9 cm³/mol. The van der Waals surface area contributed by atoms with Gasteiger partial charge in [-0.25, -0.2) is 4.79 Å². The molecule has 8 heteroatoms. The first kappa shape index (κ1) is 12.2. The first-order valence-corrected chi connectivity index (χ1v) is 5.47. The second-order valence-electron chi connectivity index (χ2n) is 3.78. The van der Waals surface area contributed by atoms with Crippen LogP contribution < -0.4 is 5.32 Å². The third kappa shape index (κ3) is 2.72. The lowest BCUT2D eigenvalue weighted by Crippen LogP contribution is -2.22. The molecule has 0 aliphatic rings. The lowest BCUT2D eigenvalue weighted by molar-refractivity contribution is 0.0695. The molecular formula is C10H14N6O2. The van der Waals surface area contributed by atoms with Gasteiger partial charge in [-0.3, -0.25) is 9.36 Å². The Morgan fingerprint density at radius 3 is 3.06 bits per heavy atom. The highest BCUT2D eigenvalue weighted by Gasteiger charge is 2.14. The van der Waals surface area contributed by atoms with Gasteiger partial charge in [-0.1, -0.05) is 5.21 Å². The van der Waals surface area contributed by atoms with E-state index in [1.807, 2.05) is 0 Å². The zero-order valence-corrected chi connectivity index (χ0v) is 9.94. The molecule has 2 N–H and O–H groups in total. The Kier molecular flexibility index (Phi) is 3.68. The molecule has 0 aliphatic heterocycles. The number of hydrogen-bond donors (Lipinski definition) is 2. The number of nitrogens with zero attached hydrogens (tertiary/aromatic N) is 5. The van der Waals surface area contributed by atoms with Gasteiger partial charge < -0.3 is 10.4 Å². The molecule has 18 heavy (non-hydrogen) atoms. The Bertz CT molecular complexity index is 518. The lowest BCUT2D eigenvalue weighted by atomic mass is 10.2. The largest absolute Gasteiger partial charge is 0.478 e. The fraction of sp³-hybridized carbons (Fsp3) is 0.400. The molecular weight excluding hydrogens is 236 g/mol. The number of aromatic nitrogens is 5. The van der Waals surface area contributed by atoms with E-state index in [0.717, 1.165) is 0 Å². The van der Waals surface area contributed by atoms with Crippen molar-refractivity contribution in [3.63, 3.8) is 0 Å². The van der Waals surface area contributed by atoms with E-state index < -0.39 is 5.97 Å². The van der Waals surface area contributed by atoms with Crippen LogP contribution in [0.2, 0.25) is 0 Å². The number of carbonyl (C=O) groups is 1. The summed E-state index contributed by atoms with van der Waals surface area (Å²) in [5.74, 6) is -0.962. The molecule has 0 aliphatic carbocycles. The van der Waals surface area contributed by atoms with Crippen LogP contribution in [0.3, 0.4) is 0 Å². The maximum absolute atomic E-state index is 11.0. The number of nitrogens with one attached hydrogen (secondary N) is 1. The average Bonchev–Trinajstić information content (AvgIpc) is 2.94. The summed E-state index contributed by atoms with van der Waals surface area (Å²) >= 11 is 0. The smallest absolute Gasteiger partial charge is 0.339 e. The van der Waals surface area contributed by atoms with Gasteiger partial charge in [0.15, 0.2) is 0 Å². The Balaban J connectivity index is 1.86. The van der Waals surface area contributed by atoms with Gasteiger partial charge in [0.1, 0.15) is 5.56 Å². The molecule has 2 aromatic rings. The molecule has 96 valence electrons. The van der Waals surface area contributed by atoms with E-state index >= 15 is 0 Å². The van der Waals surface area contributed by atoms with Crippen LogP contribution in [0.1, 0.15) is 16.1 Å². The van der Waals surface area contributed by atoms with Crippen molar-refractivity contribution in [2.24, 2.45) is 7.05 Å². The van der Waals surface area contributed by atoms with Gasteiger partial charge in [0.2, 0.25) is 0 Å². The Hall–Kier alpha value is -2.22. The Morgan fingerprint density at radius 2 is 2.39 bits per heavy atom. The second-order valence-corrected chi connectivity index (χ2v) is 3.78. The molecule has 0 spiro atoms. The van der Waals surface area contributed by atoms with Crippen molar-refractivity contribution in [1.29, 1.82) is 0 Å². The van der Waals surface area contributed by atoms with Crippen LogP contribution in [0, 0.1) is 0 Å². The number of rotatable bonds is 6. The van der Waals surface area contributed by atoms with Gasteiger partial charge >= 0.3 is 5.97 Å². The summed E-state index contributed by atoms with van der Waals surface area (Å²) in [7, 11) is 1.72. The summed E-state index contributed by atoms with van der Waals surface area (Å²) in [6.07, 6.45) is 4.74. The number of aryl methyl sites for hydroxylation is 1. The summed E-state index contributed by atoms with van der Waals surface area (Å²) in [6.45, 7) is 1.81. The Morgan fingerprint density at radius 1 is 1.56 bits per heavy atom. The standard InChI is InChI=1S/C10H14N6O2/c1-15-9(8(6-13-15)10(17)18)7-11-2-4-16-5-3-12-14-16/h3,5-6,11H,2,4,7H2,1H3,(H,17,18).